The minimum Gasteiger partial charge on any atom is -0.287 e. The number of nitrogens with zero attached hydrogens (tertiary/aromatic N) is 2. The second-order valence-corrected chi connectivity index (χ2v) is 0.211. The average Bonchev–Trinajstić information content (AvgIpc) is 1.39. The lowest BCUT2D eigenvalue weighted by atomic mass is 12.9. The van der Waals surface area contributed by atoms with Gasteiger partial charge in [0.15, 0.2) is 0 Å². The van der Waals surface area contributed by atoms with Crippen molar-refractivity contribution in [2.45, 2.75) is 0 Å². The van der Waals surface area contributed by atoms with Gasteiger partial charge < -0.3 is 0 Å². The number of rotatable bonds is 0. The van der Waals surface area contributed by atoms with Crippen LogP contribution in [-0.4, -0.2) is 0 Å². The lowest BCUT2D eigenvalue weighted by Gasteiger charge is -1.33. The van der Waals surface area contributed by atoms with E-state index >= 15 is 0 Å². The van der Waals surface area contributed by atoms with Crippen LogP contribution in [0.15, 0.2) is 10.6 Å². The second-order valence-electron chi connectivity index (χ2n) is 0.211. The van der Waals surface area contributed by atoms with Gasteiger partial charge in [-0.05, 0) is 0 Å². The molecule has 0 fully saturated rings. The summed E-state index contributed by atoms with van der Waals surface area (Å²) in [5, 5.41) is 3.50. The van der Waals surface area contributed by atoms with Gasteiger partial charge in [0.2, 0.25) is 0 Å². The molecular weight excluding hydrogens is 88.0 g/mol. The van der Waals surface area contributed by atoms with E-state index < -0.39 is 0 Å². The van der Waals surface area contributed by atoms with E-state index in [9.17, 15) is 0 Å². The van der Waals surface area contributed by atoms with Crippen molar-refractivity contribution in [3.63, 3.8) is 0 Å². The minimum absolute atomic E-state index is 1.75. The van der Waals surface area contributed by atoms with Crippen molar-refractivity contribution in [2.24, 2.45) is 22.3 Å². The van der Waals surface area contributed by atoms with Crippen LogP contribution in [0, 0.1) is 9.81 Å². The molecule has 0 aromatic carbocycles. The molecule has 0 atom stereocenters. The SMILES string of the molecule is NN=O.NN=O. The third-order valence-corrected chi connectivity index (χ3v) is 0. The lowest BCUT2D eigenvalue weighted by molar-refractivity contribution is 1.23. The highest BCUT2D eigenvalue weighted by atomic mass is 16.3. The Morgan fingerprint density at radius 1 is 1.00 bits per heavy atom. The van der Waals surface area contributed by atoms with Gasteiger partial charge in [-0.15, -0.1) is 9.81 Å². The third-order valence-electron chi connectivity index (χ3n) is 0. The van der Waals surface area contributed by atoms with Crippen molar-refractivity contribution in [3.05, 3.63) is 9.81 Å². The zero-order valence-electron chi connectivity index (χ0n) is 2.87. The van der Waals surface area contributed by atoms with Crippen molar-refractivity contribution in [3.8, 4) is 0 Å². The van der Waals surface area contributed by atoms with Crippen LogP contribution in [0.2, 0.25) is 0 Å². The fourth-order valence-electron chi connectivity index (χ4n) is 0. The monoisotopic (exact) mass is 92.0 g/mol. The van der Waals surface area contributed by atoms with Gasteiger partial charge in [0.05, 0.1) is 0 Å². The fraction of sp³-hybridized carbons (Fsp3) is 0. The predicted octanol–water partition coefficient (Wildman–Crippen LogP) is -0.747. The minimum atomic E-state index is 1.75. The van der Waals surface area contributed by atoms with Crippen molar-refractivity contribution >= 4 is 0 Å². The molecule has 6 heteroatoms. The predicted molar refractivity (Wildman–Crippen MR) is 20.0 cm³/mol. The first-order chi connectivity index (χ1) is 2.83. The molecule has 0 amide bonds. The topological polar surface area (TPSA) is 111 Å². The van der Waals surface area contributed by atoms with Gasteiger partial charge in [-0.3, -0.25) is 11.7 Å². The first-order valence-electron chi connectivity index (χ1n) is 0.882. The fourth-order valence-corrected chi connectivity index (χ4v) is 0. The molecule has 0 aliphatic heterocycles. The van der Waals surface area contributed by atoms with E-state index in [1.165, 1.54) is 0 Å². The summed E-state index contributed by atoms with van der Waals surface area (Å²) < 4.78 is 0. The van der Waals surface area contributed by atoms with E-state index in [4.69, 9.17) is 9.81 Å². The molecule has 0 unspecified atom stereocenters. The summed E-state index contributed by atoms with van der Waals surface area (Å²) >= 11 is 0. The van der Waals surface area contributed by atoms with Crippen LogP contribution >= 0.6 is 0 Å². The Hall–Kier alpha value is -1.20. The number of nitroso groups, excluding NO2 is 2. The van der Waals surface area contributed by atoms with Gasteiger partial charge in [0.1, 0.15) is 0 Å². The van der Waals surface area contributed by atoms with Crippen LogP contribution in [0.3, 0.4) is 0 Å². The largest absolute Gasteiger partial charge is 0.287 e. The van der Waals surface area contributed by atoms with Crippen molar-refractivity contribution < 1.29 is 0 Å². The summed E-state index contributed by atoms with van der Waals surface area (Å²) in [7, 11) is 0. The molecule has 0 spiro atoms. The quantitative estimate of drug-likeness (QED) is 0.232. The highest BCUT2D eigenvalue weighted by Crippen LogP contribution is 1.12. The first kappa shape index (κ1) is 8.84. The highest BCUT2D eigenvalue weighted by Gasteiger charge is 1.14. The number of nitrogens with two attached hydrogens (primary N) is 2. The normalized spacial score (nSPS) is 4.00. The Morgan fingerprint density at radius 2 is 1.00 bits per heavy atom. The van der Waals surface area contributed by atoms with Gasteiger partial charge in [-0.25, -0.2) is 0 Å². The summed E-state index contributed by atoms with van der Waals surface area (Å²) in [6.07, 6.45) is 0. The van der Waals surface area contributed by atoms with Crippen LogP contribution in [0.4, 0.5) is 0 Å². The summed E-state index contributed by atoms with van der Waals surface area (Å²) in [5.74, 6) is 7.83. The van der Waals surface area contributed by atoms with E-state index in [2.05, 4.69) is 11.7 Å². The Morgan fingerprint density at radius 3 is 1.00 bits per heavy atom. The molecule has 0 heterocycles. The van der Waals surface area contributed by atoms with E-state index in [1.807, 2.05) is 0 Å². The van der Waals surface area contributed by atoms with E-state index in [0.29, 0.717) is 0 Å². The lowest BCUT2D eigenvalue weighted by Crippen LogP contribution is -1.66. The van der Waals surface area contributed by atoms with Gasteiger partial charge in [-0.2, -0.15) is 0 Å². The molecule has 0 saturated carbocycles. The third kappa shape index (κ3) is 6.30. The van der Waals surface area contributed by atoms with Crippen LogP contribution in [0.25, 0.3) is 0 Å². The van der Waals surface area contributed by atoms with E-state index in [1.54, 1.807) is 10.6 Å². The number of hydrogen-bond donors (Lipinski definition) is 2. The summed E-state index contributed by atoms with van der Waals surface area (Å²) in [6, 6.07) is 0. The maximum Gasteiger partial charge on any atom is 0.0468 e. The van der Waals surface area contributed by atoms with E-state index in [-0.39, 0.29) is 0 Å². The molecule has 0 radical (unpaired) electrons. The molecule has 6 heavy (non-hydrogen) atoms. The molecule has 0 aromatic rings. The van der Waals surface area contributed by atoms with Gasteiger partial charge in [-0.1, -0.05) is 0 Å². The molecule has 0 aromatic heterocycles. The zero-order chi connectivity index (χ0) is 5.41. The van der Waals surface area contributed by atoms with Crippen LogP contribution in [0.5, 0.6) is 0 Å². The van der Waals surface area contributed by atoms with Crippen LogP contribution in [0.1, 0.15) is 0 Å². The maximum atomic E-state index is 8.33. The molecule has 0 aliphatic rings. The summed E-state index contributed by atoms with van der Waals surface area (Å²) in [6.45, 7) is 0. The Bertz CT molecular complexity index is 26.5. The molecular formula is H4N4O2. The Kier molecular flexibility index (Phi) is 68.6. The van der Waals surface area contributed by atoms with Crippen LogP contribution < -0.4 is 11.7 Å². The highest BCUT2D eigenvalue weighted by molar-refractivity contribution is 3.93. The molecule has 4 N–H and O–H groups in total. The second kappa shape index (κ2) is 46.5. The molecule has 0 saturated heterocycles. The molecule has 0 aliphatic carbocycles. The van der Waals surface area contributed by atoms with Crippen molar-refractivity contribution in [1.82, 2.24) is 0 Å². The summed E-state index contributed by atoms with van der Waals surface area (Å²) in [5.41, 5.74) is 0. The maximum absolute atomic E-state index is 8.33. The Labute approximate surface area is 33.4 Å². The van der Waals surface area contributed by atoms with Crippen molar-refractivity contribution in [1.29, 1.82) is 0 Å². The smallest absolute Gasteiger partial charge is 0.0468 e. The Balaban J connectivity index is 0. The average molecular weight is 92.1 g/mol. The van der Waals surface area contributed by atoms with E-state index in [0.717, 1.165) is 0 Å². The molecule has 0 bridgehead atoms. The molecule has 36 valence electrons. The molecule has 6 nitrogen and oxygen atoms in total. The first-order valence-corrected chi connectivity index (χ1v) is 0.882. The standard InChI is InChI=1S/2H2N2O/c2*1-2-3/h2*(H2,1,3). The van der Waals surface area contributed by atoms with Crippen molar-refractivity contribution in [2.75, 3.05) is 0 Å². The van der Waals surface area contributed by atoms with Gasteiger partial charge >= 0.3 is 0 Å². The number of hydrogen-bond acceptors (Lipinski definition) is 4. The molecule has 0 rings (SSSR count). The van der Waals surface area contributed by atoms with Crippen LogP contribution in [-0.2, 0) is 0 Å². The zero-order valence-corrected chi connectivity index (χ0v) is 2.87. The van der Waals surface area contributed by atoms with Gasteiger partial charge in [0.25, 0.3) is 0 Å². The van der Waals surface area contributed by atoms with Gasteiger partial charge in [0, 0.05) is 10.6 Å². The summed E-state index contributed by atoms with van der Waals surface area (Å²) in [4.78, 5) is 16.7.